The number of aromatic hydroxyl groups is 2. The highest BCUT2D eigenvalue weighted by molar-refractivity contribution is 5.40. The third-order valence-corrected chi connectivity index (χ3v) is 1.80. The zero-order valence-corrected chi connectivity index (χ0v) is 8.25. The molecule has 1 rings (SSSR count). The molecule has 0 unspecified atom stereocenters. The van der Waals surface area contributed by atoms with Gasteiger partial charge >= 0.3 is 0 Å². The van der Waals surface area contributed by atoms with E-state index in [2.05, 4.69) is 11.9 Å². The Bertz CT molecular complexity index is 334. The van der Waals surface area contributed by atoms with Crippen LogP contribution < -0.4 is 5.32 Å². The first-order chi connectivity index (χ1) is 6.59. The summed E-state index contributed by atoms with van der Waals surface area (Å²) >= 11 is 0. The monoisotopic (exact) mass is 193 g/mol. The van der Waals surface area contributed by atoms with Crippen molar-refractivity contribution in [1.29, 1.82) is 0 Å². The van der Waals surface area contributed by atoms with Crippen LogP contribution in [0.1, 0.15) is 12.5 Å². The van der Waals surface area contributed by atoms with Crippen LogP contribution in [0.4, 0.5) is 0 Å². The van der Waals surface area contributed by atoms with E-state index in [1.54, 1.807) is 12.1 Å². The van der Waals surface area contributed by atoms with Gasteiger partial charge in [0, 0.05) is 13.1 Å². The molecule has 1 aromatic rings. The van der Waals surface area contributed by atoms with Gasteiger partial charge in [-0.1, -0.05) is 18.2 Å². The number of phenolic OH excluding ortho intramolecular Hbond substituents is 2. The number of hydrogen-bond donors (Lipinski definition) is 3. The molecular weight excluding hydrogens is 178 g/mol. The maximum atomic E-state index is 9.21. The van der Waals surface area contributed by atoms with Crippen LogP contribution in [0.15, 0.2) is 30.4 Å². The molecule has 0 spiro atoms. The summed E-state index contributed by atoms with van der Waals surface area (Å²) in [5.41, 5.74) is 1.99. The summed E-state index contributed by atoms with van der Waals surface area (Å²) in [6.45, 7) is 7.12. The highest BCUT2D eigenvalue weighted by Crippen LogP contribution is 2.24. The van der Waals surface area contributed by atoms with Crippen molar-refractivity contribution in [2.24, 2.45) is 0 Å². The molecule has 0 heterocycles. The Hall–Kier alpha value is -1.48. The van der Waals surface area contributed by atoms with Gasteiger partial charge in [-0.2, -0.15) is 0 Å². The molecule has 3 N–H and O–H groups in total. The Kier molecular flexibility index (Phi) is 3.54. The van der Waals surface area contributed by atoms with Crippen LogP contribution in [-0.4, -0.2) is 16.8 Å². The van der Waals surface area contributed by atoms with Gasteiger partial charge in [-0.15, -0.1) is 0 Å². The van der Waals surface area contributed by atoms with Crippen LogP contribution in [0.3, 0.4) is 0 Å². The highest BCUT2D eigenvalue weighted by atomic mass is 16.3. The van der Waals surface area contributed by atoms with Crippen molar-refractivity contribution in [1.82, 2.24) is 5.32 Å². The molecule has 0 radical (unpaired) electrons. The average Bonchev–Trinajstić information content (AvgIpc) is 2.10. The topological polar surface area (TPSA) is 52.5 Å². The predicted molar refractivity (Wildman–Crippen MR) is 56.3 cm³/mol. The van der Waals surface area contributed by atoms with E-state index < -0.39 is 0 Å². The first-order valence-corrected chi connectivity index (χ1v) is 4.45. The number of hydrogen-bond acceptors (Lipinski definition) is 3. The van der Waals surface area contributed by atoms with Crippen LogP contribution in [0.2, 0.25) is 0 Å². The molecule has 0 aliphatic rings. The van der Waals surface area contributed by atoms with Crippen LogP contribution in [0, 0.1) is 0 Å². The Morgan fingerprint density at radius 2 is 2.07 bits per heavy atom. The fourth-order valence-corrected chi connectivity index (χ4v) is 1.10. The van der Waals surface area contributed by atoms with E-state index in [4.69, 9.17) is 5.11 Å². The molecule has 1 aromatic carbocycles. The van der Waals surface area contributed by atoms with Crippen LogP contribution >= 0.6 is 0 Å². The van der Waals surface area contributed by atoms with Gasteiger partial charge in [0.25, 0.3) is 0 Å². The van der Waals surface area contributed by atoms with E-state index in [1.165, 1.54) is 6.07 Å². The summed E-state index contributed by atoms with van der Waals surface area (Å²) < 4.78 is 0. The summed E-state index contributed by atoms with van der Waals surface area (Å²) in [5.74, 6) is -0.173. The molecule has 0 fully saturated rings. The smallest absolute Gasteiger partial charge is 0.157 e. The normalized spacial score (nSPS) is 10.1. The van der Waals surface area contributed by atoms with Crippen LogP contribution in [-0.2, 0) is 6.54 Å². The van der Waals surface area contributed by atoms with E-state index in [0.717, 1.165) is 17.7 Å². The first kappa shape index (κ1) is 10.6. The number of nitrogens with one attached hydrogen (secondary N) is 1. The summed E-state index contributed by atoms with van der Waals surface area (Å²) in [7, 11) is 0. The Labute approximate surface area is 83.7 Å². The van der Waals surface area contributed by atoms with E-state index in [-0.39, 0.29) is 11.5 Å². The highest BCUT2D eigenvalue weighted by Gasteiger charge is 1.99. The van der Waals surface area contributed by atoms with Gasteiger partial charge in [0.1, 0.15) is 0 Å². The molecule has 0 aliphatic carbocycles. The maximum Gasteiger partial charge on any atom is 0.157 e. The van der Waals surface area contributed by atoms with Gasteiger partial charge in [-0.25, -0.2) is 0 Å². The largest absolute Gasteiger partial charge is 0.504 e. The summed E-state index contributed by atoms with van der Waals surface area (Å²) in [6.07, 6.45) is 0. The molecule has 0 saturated heterocycles. The maximum absolute atomic E-state index is 9.21. The molecule has 0 amide bonds. The predicted octanol–water partition coefficient (Wildman–Crippen LogP) is 1.76. The third kappa shape index (κ3) is 3.11. The second-order valence-electron chi connectivity index (χ2n) is 3.38. The van der Waals surface area contributed by atoms with Gasteiger partial charge < -0.3 is 15.5 Å². The van der Waals surface area contributed by atoms with E-state index >= 15 is 0 Å². The number of benzene rings is 1. The molecule has 3 nitrogen and oxygen atoms in total. The number of phenols is 2. The molecule has 14 heavy (non-hydrogen) atoms. The van der Waals surface area contributed by atoms with Gasteiger partial charge in [0.2, 0.25) is 0 Å². The fraction of sp³-hybridized carbons (Fsp3) is 0.273. The van der Waals surface area contributed by atoms with Crippen molar-refractivity contribution in [3.63, 3.8) is 0 Å². The van der Waals surface area contributed by atoms with Gasteiger partial charge in [-0.3, -0.25) is 0 Å². The second-order valence-corrected chi connectivity index (χ2v) is 3.38. The Morgan fingerprint density at radius 3 is 2.64 bits per heavy atom. The lowest BCUT2D eigenvalue weighted by molar-refractivity contribution is 0.403. The average molecular weight is 193 g/mol. The minimum atomic E-state index is -0.0892. The second kappa shape index (κ2) is 4.67. The van der Waals surface area contributed by atoms with E-state index in [9.17, 15) is 5.11 Å². The first-order valence-electron chi connectivity index (χ1n) is 4.45. The van der Waals surface area contributed by atoms with Gasteiger partial charge in [0.15, 0.2) is 11.5 Å². The molecule has 0 aliphatic heterocycles. The van der Waals surface area contributed by atoms with E-state index in [0.29, 0.717) is 6.54 Å². The van der Waals surface area contributed by atoms with Crippen molar-refractivity contribution in [2.45, 2.75) is 13.5 Å². The lowest BCUT2D eigenvalue weighted by Gasteiger charge is -2.05. The van der Waals surface area contributed by atoms with Crippen molar-refractivity contribution >= 4 is 0 Å². The Balaban J connectivity index is 2.51. The zero-order valence-electron chi connectivity index (χ0n) is 8.25. The van der Waals surface area contributed by atoms with Crippen molar-refractivity contribution in [3.05, 3.63) is 35.9 Å². The van der Waals surface area contributed by atoms with E-state index in [1.807, 2.05) is 6.92 Å². The van der Waals surface area contributed by atoms with Crippen LogP contribution in [0.25, 0.3) is 0 Å². The fourth-order valence-electron chi connectivity index (χ4n) is 1.10. The van der Waals surface area contributed by atoms with Crippen molar-refractivity contribution in [3.8, 4) is 11.5 Å². The lowest BCUT2D eigenvalue weighted by atomic mass is 10.2. The van der Waals surface area contributed by atoms with Crippen molar-refractivity contribution < 1.29 is 10.2 Å². The summed E-state index contributed by atoms with van der Waals surface area (Å²) in [5, 5.41) is 21.4. The quantitative estimate of drug-likeness (QED) is 0.504. The molecule has 76 valence electrons. The van der Waals surface area contributed by atoms with Crippen molar-refractivity contribution in [2.75, 3.05) is 6.54 Å². The van der Waals surface area contributed by atoms with Crippen LogP contribution in [0.5, 0.6) is 11.5 Å². The lowest BCUT2D eigenvalue weighted by Crippen LogP contribution is -2.14. The summed E-state index contributed by atoms with van der Waals surface area (Å²) in [6, 6.07) is 4.79. The third-order valence-electron chi connectivity index (χ3n) is 1.80. The standard InChI is InChI=1S/C11H15NO2/c1-8(2)6-12-7-9-3-4-10(13)11(14)5-9/h3-5,12-14H,1,6-7H2,2H3. The van der Waals surface area contributed by atoms with Gasteiger partial charge in [-0.05, 0) is 24.6 Å². The number of rotatable bonds is 4. The summed E-state index contributed by atoms with van der Waals surface area (Å²) in [4.78, 5) is 0. The zero-order chi connectivity index (χ0) is 10.6. The SMILES string of the molecule is C=C(C)CNCc1ccc(O)c(O)c1. The molecule has 0 bridgehead atoms. The minimum Gasteiger partial charge on any atom is -0.504 e. The van der Waals surface area contributed by atoms with Gasteiger partial charge in [0.05, 0.1) is 0 Å². The Morgan fingerprint density at radius 1 is 1.36 bits per heavy atom. The molecule has 3 heteroatoms. The molecule has 0 aromatic heterocycles. The molecular formula is C11H15NO2. The molecule has 0 saturated carbocycles. The molecule has 0 atom stereocenters. The minimum absolute atomic E-state index is 0.0837.